The van der Waals surface area contributed by atoms with Crippen LogP contribution in [0.1, 0.15) is 42.6 Å². The Balaban J connectivity index is 2.91. The van der Waals surface area contributed by atoms with Gasteiger partial charge in [-0.3, -0.25) is 9.78 Å². The quantitative estimate of drug-likeness (QED) is 0.824. The Labute approximate surface area is 113 Å². The fourth-order valence-corrected chi connectivity index (χ4v) is 1.94. The first-order chi connectivity index (χ1) is 8.92. The van der Waals surface area contributed by atoms with Crippen molar-refractivity contribution in [3.05, 3.63) is 29.6 Å². The fourth-order valence-electron chi connectivity index (χ4n) is 1.94. The molecule has 0 saturated heterocycles. The van der Waals surface area contributed by atoms with E-state index in [4.69, 9.17) is 4.74 Å². The van der Waals surface area contributed by atoms with Crippen molar-refractivity contribution in [3.63, 3.8) is 0 Å². The van der Waals surface area contributed by atoms with Gasteiger partial charge in [0.25, 0.3) is 5.91 Å². The molecule has 0 aromatic carbocycles. The van der Waals surface area contributed by atoms with Crippen LogP contribution in [0.25, 0.3) is 0 Å². The van der Waals surface area contributed by atoms with E-state index in [9.17, 15) is 9.59 Å². The molecule has 0 bridgehead atoms. The molecule has 1 aromatic heterocycles. The summed E-state index contributed by atoms with van der Waals surface area (Å²) >= 11 is 0. The van der Waals surface area contributed by atoms with Crippen molar-refractivity contribution in [2.24, 2.45) is 0 Å². The molecule has 0 spiro atoms. The predicted octanol–water partition coefficient (Wildman–Crippen LogP) is 1.85. The first-order valence-corrected chi connectivity index (χ1v) is 6.25. The minimum absolute atomic E-state index is 0.322. The Kier molecular flexibility index (Phi) is 5.03. The van der Waals surface area contributed by atoms with Gasteiger partial charge in [-0.15, -0.1) is 0 Å². The van der Waals surface area contributed by atoms with Gasteiger partial charge in [0.15, 0.2) is 0 Å². The summed E-state index contributed by atoms with van der Waals surface area (Å²) in [5, 5.41) is 2.74. The Hall–Kier alpha value is -1.91. The standard InChI is InChI=1S/C14H20N2O3/c1-5-6-14(3,13(18)19-4)16-12(17)11-7-10(2)8-15-9-11/h7-9H,5-6H2,1-4H3,(H,16,17). The molecule has 1 N–H and O–H groups in total. The van der Waals surface area contributed by atoms with Gasteiger partial charge in [0.1, 0.15) is 5.54 Å². The summed E-state index contributed by atoms with van der Waals surface area (Å²) in [5.41, 5.74) is 0.318. The van der Waals surface area contributed by atoms with Crippen LogP contribution in [0.3, 0.4) is 0 Å². The van der Waals surface area contributed by atoms with E-state index in [-0.39, 0.29) is 5.91 Å². The molecule has 104 valence electrons. The minimum Gasteiger partial charge on any atom is -0.467 e. The van der Waals surface area contributed by atoms with Crippen molar-refractivity contribution in [1.29, 1.82) is 0 Å². The maximum absolute atomic E-state index is 12.1. The largest absolute Gasteiger partial charge is 0.467 e. The topological polar surface area (TPSA) is 68.3 Å². The molecule has 0 aliphatic heterocycles. The summed E-state index contributed by atoms with van der Waals surface area (Å²) in [6.45, 7) is 5.47. The van der Waals surface area contributed by atoms with E-state index < -0.39 is 11.5 Å². The number of methoxy groups -OCH3 is 1. The number of aryl methyl sites for hydroxylation is 1. The molecule has 5 heteroatoms. The smallest absolute Gasteiger partial charge is 0.331 e. The average molecular weight is 264 g/mol. The Morgan fingerprint density at radius 2 is 2.11 bits per heavy atom. The van der Waals surface area contributed by atoms with Crippen molar-refractivity contribution < 1.29 is 14.3 Å². The number of amides is 1. The number of nitrogens with one attached hydrogen (secondary N) is 1. The van der Waals surface area contributed by atoms with Crippen LogP contribution in [-0.2, 0) is 9.53 Å². The van der Waals surface area contributed by atoms with Gasteiger partial charge >= 0.3 is 5.97 Å². The van der Waals surface area contributed by atoms with Crippen LogP contribution in [0.2, 0.25) is 0 Å². The Morgan fingerprint density at radius 3 is 2.63 bits per heavy atom. The van der Waals surface area contributed by atoms with Gasteiger partial charge in [-0.05, 0) is 31.9 Å². The number of nitrogens with zero attached hydrogens (tertiary/aromatic N) is 1. The fraction of sp³-hybridized carbons (Fsp3) is 0.500. The third kappa shape index (κ3) is 3.77. The van der Waals surface area contributed by atoms with Gasteiger partial charge in [0.2, 0.25) is 0 Å². The Bertz CT molecular complexity index is 474. The maximum atomic E-state index is 12.1. The zero-order valence-electron chi connectivity index (χ0n) is 11.8. The van der Waals surface area contributed by atoms with Crippen LogP contribution < -0.4 is 5.32 Å². The zero-order valence-corrected chi connectivity index (χ0v) is 11.8. The molecular weight excluding hydrogens is 244 g/mol. The zero-order chi connectivity index (χ0) is 14.5. The van der Waals surface area contributed by atoms with E-state index in [1.54, 1.807) is 19.2 Å². The summed E-state index contributed by atoms with van der Waals surface area (Å²) in [5.74, 6) is -0.763. The maximum Gasteiger partial charge on any atom is 0.331 e. The normalized spacial score (nSPS) is 13.5. The van der Waals surface area contributed by atoms with Gasteiger partial charge in [0.05, 0.1) is 12.7 Å². The SMILES string of the molecule is CCCC(C)(NC(=O)c1cncc(C)c1)C(=O)OC. The molecule has 1 unspecified atom stereocenters. The predicted molar refractivity (Wildman–Crippen MR) is 71.8 cm³/mol. The minimum atomic E-state index is -1.01. The molecular formula is C14H20N2O3. The highest BCUT2D eigenvalue weighted by atomic mass is 16.5. The molecule has 0 fully saturated rings. The summed E-state index contributed by atoms with van der Waals surface area (Å²) in [4.78, 5) is 27.9. The van der Waals surface area contributed by atoms with Gasteiger partial charge in [-0.2, -0.15) is 0 Å². The number of aromatic nitrogens is 1. The van der Waals surface area contributed by atoms with Crippen molar-refractivity contribution in [2.75, 3.05) is 7.11 Å². The molecule has 19 heavy (non-hydrogen) atoms. The van der Waals surface area contributed by atoms with E-state index in [2.05, 4.69) is 10.3 Å². The molecule has 0 aliphatic carbocycles. The van der Waals surface area contributed by atoms with E-state index in [1.807, 2.05) is 13.8 Å². The van der Waals surface area contributed by atoms with Crippen LogP contribution in [0.4, 0.5) is 0 Å². The van der Waals surface area contributed by atoms with Crippen molar-refractivity contribution >= 4 is 11.9 Å². The lowest BCUT2D eigenvalue weighted by atomic mass is 9.95. The lowest BCUT2D eigenvalue weighted by Gasteiger charge is -2.27. The molecule has 0 aliphatic rings. The summed E-state index contributed by atoms with van der Waals surface area (Å²) in [7, 11) is 1.32. The number of carbonyl (C=O) groups is 2. The third-order valence-corrected chi connectivity index (χ3v) is 2.91. The van der Waals surface area contributed by atoms with Crippen LogP contribution >= 0.6 is 0 Å². The molecule has 5 nitrogen and oxygen atoms in total. The van der Waals surface area contributed by atoms with Gasteiger partial charge < -0.3 is 10.1 Å². The van der Waals surface area contributed by atoms with Crippen LogP contribution in [-0.4, -0.2) is 29.5 Å². The summed E-state index contributed by atoms with van der Waals surface area (Å²) in [6.07, 6.45) is 4.43. The number of esters is 1. The average Bonchev–Trinajstić information content (AvgIpc) is 2.37. The molecule has 0 radical (unpaired) electrons. The number of hydrogen-bond donors (Lipinski definition) is 1. The number of pyridine rings is 1. The van der Waals surface area contributed by atoms with Gasteiger partial charge in [0, 0.05) is 12.4 Å². The number of hydrogen-bond acceptors (Lipinski definition) is 4. The van der Waals surface area contributed by atoms with Gasteiger partial charge in [-0.1, -0.05) is 13.3 Å². The highest BCUT2D eigenvalue weighted by Gasteiger charge is 2.35. The number of carbonyl (C=O) groups excluding carboxylic acids is 2. The molecule has 1 aromatic rings. The van der Waals surface area contributed by atoms with E-state index in [1.165, 1.54) is 13.3 Å². The van der Waals surface area contributed by atoms with Crippen LogP contribution in [0, 0.1) is 6.92 Å². The van der Waals surface area contributed by atoms with Gasteiger partial charge in [-0.25, -0.2) is 4.79 Å². The monoisotopic (exact) mass is 264 g/mol. The number of rotatable bonds is 5. The summed E-state index contributed by atoms with van der Waals surface area (Å²) < 4.78 is 4.76. The lowest BCUT2D eigenvalue weighted by Crippen LogP contribution is -2.52. The third-order valence-electron chi connectivity index (χ3n) is 2.91. The second-order valence-corrected chi connectivity index (χ2v) is 4.78. The molecule has 1 rings (SSSR count). The molecule has 1 heterocycles. The Morgan fingerprint density at radius 1 is 1.42 bits per heavy atom. The van der Waals surface area contributed by atoms with Crippen molar-refractivity contribution in [3.8, 4) is 0 Å². The van der Waals surface area contributed by atoms with Crippen LogP contribution in [0.5, 0.6) is 0 Å². The van der Waals surface area contributed by atoms with Crippen molar-refractivity contribution in [1.82, 2.24) is 10.3 Å². The van der Waals surface area contributed by atoms with Crippen molar-refractivity contribution in [2.45, 2.75) is 39.2 Å². The first-order valence-electron chi connectivity index (χ1n) is 6.25. The molecule has 1 amide bonds. The number of ether oxygens (including phenoxy) is 1. The lowest BCUT2D eigenvalue weighted by molar-refractivity contribution is -0.147. The molecule has 1 atom stereocenters. The first kappa shape index (κ1) is 15.1. The van der Waals surface area contributed by atoms with E-state index in [0.717, 1.165) is 12.0 Å². The second-order valence-electron chi connectivity index (χ2n) is 4.78. The highest BCUT2D eigenvalue weighted by molar-refractivity contribution is 5.97. The molecule has 0 saturated carbocycles. The second kappa shape index (κ2) is 6.31. The van der Waals surface area contributed by atoms with Crippen LogP contribution in [0.15, 0.2) is 18.5 Å². The summed E-state index contributed by atoms with van der Waals surface area (Å²) in [6, 6.07) is 1.73. The van der Waals surface area contributed by atoms with E-state index >= 15 is 0 Å². The van der Waals surface area contributed by atoms with E-state index in [0.29, 0.717) is 12.0 Å². The highest BCUT2D eigenvalue weighted by Crippen LogP contribution is 2.15.